The Balaban J connectivity index is 2.07. The highest BCUT2D eigenvalue weighted by Gasteiger charge is 2.12. The molecule has 0 spiro atoms. The fourth-order valence-corrected chi connectivity index (χ4v) is 2.48. The zero-order valence-corrected chi connectivity index (χ0v) is 12.8. The number of aryl methyl sites for hydroxylation is 1. The molecule has 2 rings (SSSR count). The first kappa shape index (κ1) is 14.2. The monoisotopic (exact) mass is 340 g/mol. The minimum atomic E-state index is -0.121. The molecule has 100 valence electrons. The van der Waals surface area contributed by atoms with Crippen LogP contribution in [0.25, 0.3) is 0 Å². The maximum atomic E-state index is 12.1. The van der Waals surface area contributed by atoms with Crippen LogP contribution in [0.4, 0.5) is 0 Å². The number of benzene rings is 1. The van der Waals surface area contributed by atoms with Crippen molar-refractivity contribution in [2.24, 2.45) is 0 Å². The van der Waals surface area contributed by atoms with Crippen molar-refractivity contribution >= 4 is 33.4 Å². The van der Waals surface area contributed by atoms with Gasteiger partial charge < -0.3 is 9.88 Å². The van der Waals surface area contributed by atoms with Gasteiger partial charge in [0.15, 0.2) is 0 Å². The van der Waals surface area contributed by atoms with Gasteiger partial charge in [0.05, 0.1) is 5.02 Å². The number of amides is 1. The zero-order valence-electron chi connectivity index (χ0n) is 10.5. The molecule has 1 aromatic heterocycles. The predicted octanol–water partition coefficient (Wildman–Crippen LogP) is 3.85. The zero-order chi connectivity index (χ0) is 13.8. The molecule has 1 N–H and O–H groups in total. The van der Waals surface area contributed by atoms with Crippen molar-refractivity contribution in [1.82, 2.24) is 9.88 Å². The molecule has 2 aromatic rings. The molecule has 19 heavy (non-hydrogen) atoms. The summed E-state index contributed by atoms with van der Waals surface area (Å²) in [6, 6.07) is 9.49. The second kappa shape index (κ2) is 6.26. The van der Waals surface area contributed by atoms with Crippen molar-refractivity contribution in [3.8, 4) is 0 Å². The van der Waals surface area contributed by atoms with E-state index in [1.165, 1.54) is 0 Å². The molecule has 1 aromatic carbocycles. The third-order valence-electron chi connectivity index (χ3n) is 2.83. The summed E-state index contributed by atoms with van der Waals surface area (Å²) in [5.74, 6) is -0.121. The second-order valence-electron chi connectivity index (χ2n) is 4.10. The van der Waals surface area contributed by atoms with E-state index in [4.69, 9.17) is 11.6 Å². The number of hydrogen-bond donors (Lipinski definition) is 1. The van der Waals surface area contributed by atoms with Crippen molar-refractivity contribution < 1.29 is 4.79 Å². The standard InChI is InChI=1S/C14H14BrClN2O/c1-2-18-9-11(16)7-13(18)14(19)17-8-10-5-3-4-6-12(10)15/h3-7,9H,2,8H2,1H3,(H,17,19). The smallest absolute Gasteiger partial charge is 0.268 e. The van der Waals surface area contributed by atoms with E-state index in [0.29, 0.717) is 23.8 Å². The summed E-state index contributed by atoms with van der Waals surface area (Å²) in [4.78, 5) is 12.1. The van der Waals surface area contributed by atoms with Crippen LogP contribution in [0.3, 0.4) is 0 Å². The van der Waals surface area contributed by atoms with Crippen molar-refractivity contribution in [3.05, 3.63) is 57.3 Å². The lowest BCUT2D eigenvalue weighted by atomic mass is 10.2. The average molecular weight is 342 g/mol. The quantitative estimate of drug-likeness (QED) is 0.900. The van der Waals surface area contributed by atoms with Gasteiger partial charge in [0, 0.05) is 23.8 Å². The maximum Gasteiger partial charge on any atom is 0.268 e. The first-order chi connectivity index (χ1) is 9.11. The molecule has 0 aliphatic rings. The molecule has 3 nitrogen and oxygen atoms in total. The van der Waals surface area contributed by atoms with E-state index < -0.39 is 0 Å². The lowest BCUT2D eigenvalue weighted by Gasteiger charge is -2.08. The van der Waals surface area contributed by atoms with Gasteiger partial charge >= 0.3 is 0 Å². The third kappa shape index (κ3) is 3.39. The van der Waals surface area contributed by atoms with Crippen LogP contribution in [0.15, 0.2) is 41.0 Å². The summed E-state index contributed by atoms with van der Waals surface area (Å²) in [7, 11) is 0. The Bertz CT molecular complexity index is 595. The van der Waals surface area contributed by atoms with Crippen LogP contribution in [0.1, 0.15) is 23.0 Å². The number of nitrogens with one attached hydrogen (secondary N) is 1. The molecule has 0 saturated carbocycles. The Morgan fingerprint density at radius 3 is 2.84 bits per heavy atom. The Hall–Kier alpha value is -1.26. The molecule has 0 unspecified atom stereocenters. The second-order valence-corrected chi connectivity index (χ2v) is 5.39. The van der Waals surface area contributed by atoms with Gasteiger partial charge in [0.2, 0.25) is 0 Å². The molecule has 0 saturated heterocycles. The number of rotatable bonds is 4. The molecule has 1 heterocycles. The molecule has 5 heteroatoms. The lowest BCUT2D eigenvalue weighted by molar-refractivity contribution is 0.0941. The van der Waals surface area contributed by atoms with E-state index in [0.717, 1.165) is 10.0 Å². The summed E-state index contributed by atoms with van der Waals surface area (Å²) >= 11 is 9.38. The largest absolute Gasteiger partial charge is 0.347 e. The number of aromatic nitrogens is 1. The molecular formula is C14H14BrClN2O. The summed E-state index contributed by atoms with van der Waals surface area (Å²) < 4.78 is 2.82. The molecule has 0 bridgehead atoms. The van der Waals surface area contributed by atoms with Crippen molar-refractivity contribution in [2.75, 3.05) is 0 Å². The van der Waals surface area contributed by atoms with Crippen molar-refractivity contribution in [3.63, 3.8) is 0 Å². The highest BCUT2D eigenvalue weighted by atomic mass is 79.9. The number of carbonyl (C=O) groups is 1. The van der Waals surface area contributed by atoms with Crippen molar-refractivity contribution in [2.45, 2.75) is 20.0 Å². The fraction of sp³-hybridized carbons (Fsp3) is 0.214. The van der Waals surface area contributed by atoms with Gasteiger partial charge in [-0.2, -0.15) is 0 Å². The average Bonchev–Trinajstić information content (AvgIpc) is 2.79. The van der Waals surface area contributed by atoms with Crippen LogP contribution < -0.4 is 5.32 Å². The van der Waals surface area contributed by atoms with Crippen LogP contribution in [-0.2, 0) is 13.1 Å². The summed E-state index contributed by atoms with van der Waals surface area (Å²) in [5.41, 5.74) is 1.62. The topological polar surface area (TPSA) is 34.0 Å². The van der Waals surface area contributed by atoms with Crippen LogP contribution in [0, 0.1) is 0 Å². The van der Waals surface area contributed by atoms with Crippen LogP contribution >= 0.6 is 27.5 Å². The normalized spacial score (nSPS) is 10.5. The molecule has 0 radical (unpaired) electrons. The van der Waals surface area contributed by atoms with E-state index >= 15 is 0 Å². The number of hydrogen-bond acceptors (Lipinski definition) is 1. The number of halogens is 2. The minimum absolute atomic E-state index is 0.121. The lowest BCUT2D eigenvalue weighted by Crippen LogP contribution is -2.25. The van der Waals surface area contributed by atoms with Gasteiger partial charge in [-0.1, -0.05) is 45.7 Å². The number of carbonyl (C=O) groups excluding carboxylic acids is 1. The molecular weight excluding hydrogens is 328 g/mol. The van der Waals surface area contributed by atoms with Crippen LogP contribution in [-0.4, -0.2) is 10.5 Å². The summed E-state index contributed by atoms with van der Waals surface area (Å²) in [6.07, 6.45) is 1.76. The van der Waals surface area contributed by atoms with Gasteiger partial charge in [-0.15, -0.1) is 0 Å². The van der Waals surface area contributed by atoms with Gasteiger partial charge in [-0.25, -0.2) is 0 Å². The van der Waals surface area contributed by atoms with Gasteiger partial charge in [-0.05, 0) is 24.6 Å². The predicted molar refractivity (Wildman–Crippen MR) is 80.4 cm³/mol. The van der Waals surface area contributed by atoms with Crippen LogP contribution in [0.2, 0.25) is 5.02 Å². The molecule has 0 atom stereocenters. The maximum absolute atomic E-state index is 12.1. The van der Waals surface area contributed by atoms with E-state index in [9.17, 15) is 4.79 Å². The van der Waals surface area contributed by atoms with Gasteiger partial charge in [0.25, 0.3) is 5.91 Å². The molecule has 0 aliphatic heterocycles. The Kier molecular flexibility index (Phi) is 4.66. The minimum Gasteiger partial charge on any atom is -0.347 e. The first-order valence-corrected chi connectivity index (χ1v) is 7.16. The number of nitrogens with zero attached hydrogens (tertiary/aromatic N) is 1. The Morgan fingerprint density at radius 1 is 1.42 bits per heavy atom. The van der Waals surface area contributed by atoms with Gasteiger partial charge in [0.1, 0.15) is 5.69 Å². The molecule has 0 fully saturated rings. The Morgan fingerprint density at radius 2 is 2.16 bits per heavy atom. The van der Waals surface area contributed by atoms with E-state index in [1.54, 1.807) is 12.3 Å². The fourth-order valence-electron chi connectivity index (χ4n) is 1.83. The highest BCUT2D eigenvalue weighted by molar-refractivity contribution is 9.10. The molecule has 1 amide bonds. The van der Waals surface area contributed by atoms with E-state index in [-0.39, 0.29) is 5.91 Å². The van der Waals surface area contributed by atoms with E-state index in [1.807, 2.05) is 35.8 Å². The highest BCUT2D eigenvalue weighted by Crippen LogP contribution is 2.17. The molecule has 0 aliphatic carbocycles. The van der Waals surface area contributed by atoms with Gasteiger partial charge in [-0.3, -0.25) is 4.79 Å². The first-order valence-electron chi connectivity index (χ1n) is 5.99. The third-order valence-corrected chi connectivity index (χ3v) is 3.81. The Labute approximate surface area is 125 Å². The summed E-state index contributed by atoms with van der Waals surface area (Å²) in [5, 5.41) is 3.47. The van der Waals surface area contributed by atoms with E-state index in [2.05, 4.69) is 21.2 Å². The van der Waals surface area contributed by atoms with Crippen LogP contribution in [0.5, 0.6) is 0 Å². The SMILES string of the molecule is CCn1cc(Cl)cc1C(=O)NCc1ccccc1Br. The summed E-state index contributed by atoms with van der Waals surface area (Å²) in [6.45, 7) is 3.16. The van der Waals surface area contributed by atoms with Crippen molar-refractivity contribution in [1.29, 1.82) is 0 Å².